The molecule has 0 saturated carbocycles. The summed E-state index contributed by atoms with van der Waals surface area (Å²) in [4.78, 5) is 100. The lowest BCUT2D eigenvalue weighted by Gasteiger charge is -2.41. The Labute approximate surface area is 464 Å². The number of likely N-dealkylation sites (tertiary alicyclic amines) is 2. The van der Waals surface area contributed by atoms with Crippen LogP contribution in [0.1, 0.15) is 131 Å². The largest absolute Gasteiger partial charge is 0.491 e. The Hall–Kier alpha value is -5.17. The molecule has 1 unspecified atom stereocenters. The molecule has 0 spiro atoms. The molecule has 2 aromatic rings. The molecule has 2 fully saturated rings. The highest BCUT2D eigenvalue weighted by Gasteiger charge is 2.44. The number of unbranched alkanes of at least 4 members (excludes halogenated alkanes) is 2. The molecule has 0 bridgehead atoms. The first-order chi connectivity index (χ1) is 36.5. The number of thiol groups is 1. The van der Waals surface area contributed by atoms with Crippen molar-refractivity contribution in [3.63, 3.8) is 0 Å². The number of likely N-dealkylation sites (N-methyl/N-ethyl adjacent to an activating group) is 2. The first-order valence-corrected chi connectivity index (χ1v) is 28.3. The highest BCUT2D eigenvalue weighted by Crippen LogP contribution is 2.31. The van der Waals surface area contributed by atoms with E-state index >= 15 is 0 Å². The Morgan fingerprint density at radius 1 is 0.870 bits per heavy atom. The summed E-state index contributed by atoms with van der Waals surface area (Å²) in [5.74, 6) is -1.79. The number of hydrogen-bond acceptors (Lipinski definition) is 13. The van der Waals surface area contributed by atoms with Gasteiger partial charge in [-0.15, -0.1) is 0 Å². The van der Waals surface area contributed by atoms with Crippen LogP contribution in [-0.4, -0.2) is 163 Å². The molecule has 428 valence electrons. The summed E-state index contributed by atoms with van der Waals surface area (Å²) >= 11 is 4.16. The Morgan fingerprint density at radius 3 is 2.12 bits per heavy atom. The summed E-state index contributed by atoms with van der Waals surface area (Å²) in [6.45, 7) is 16.7. The van der Waals surface area contributed by atoms with Crippen LogP contribution in [0, 0.1) is 29.6 Å². The number of hydrazone groups is 1. The van der Waals surface area contributed by atoms with Crippen LogP contribution in [0.2, 0.25) is 0 Å². The van der Waals surface area contributed by atoms with Gasteiger partial charge in [-0.2, -0.15) is 17.7 Å². The Morgan fingerprint density at radius 2 is 1.55 bits per heavy atom. The number of nitrogens with one attached hydrogen (secondary N) is 2. The molecule has 0 aliphatic carbocycles. The third kappa shape index (κ3) is 18.5. The lowest BCUT2D eigenvalue weighted by atomic mass is 9.83. The molecule has 18 heteroatoms. The smallest absolute Gasteiger partial charge is 0.242 e. The number of ketones is 1. The summed E-state index contributed by atoms with van der Waals surface area (Å²) in [6.07, 6.45) is 3.79. The number of hydrogen-bond donors (Lipinski definition) is 3. The van der Waals surface area contributed by atoms with Gasteiger partial charge in [0.1, 0.15) is 12.4 Å². The minimum Gasteiger partial charge on any atom is -0.491 e. The third-order valence-corrected chi connectivity index (χ3v) is 16.0. The van der Waals surface area contributed by atoms with Gasteiger partial charge in [0.2, 0.25) is 35.4 Å². The molecule has 2 aliphatic rings. The number of carbonyl (C=O) groups is 7. The zero-order chi connectivity index (χ0) is 57.1. The van der Waals surface area contributed by atoms with Crippen LogP contribution in [0.4, 0.5) is 0 Å². The van der Waals surface area contributed by atoms with Crippen LogP contribution < -0.4 is 15.5 Å². The molecule has 10 atom stereocenters. The fraction of sp³-hybridized carbons (Fsp3) is 0.661. The van der Waals surface area contributed by atoms with Gasteiger partial charge >= 0.3 is 0 Å². The van der Waals surface area contributed by atoms with Crippen molar-refractivity contribution in [3.05, 3.63) is 65.7 Å². The summed E-state index contributed by atoms with van der Waals surface area (Å²) in [6, 6.07) is 15.6. The average molecular weight is 1090 g/mol. The summed E-state index contributed by atoms with van der Waals surface area (Å²) < 4.78 is 18.5. The fourth-order valence-electron chi connectivity index (χ4n) is 11.0. The molecular formula is C59H91N7O10S. The second-order valence-electron chi connectivity index (χ2n) is 22.1. The van der Waals surface area contributed by atoms with Gasteiger partial charge in [0.05, 0.1) is 59.7 Å². The Kier molecular flexibility index (Phi) is 26.3. The van der Waals surface area contributed by atoms with Gasteiger partial charge in [-0.05, 0) is 106 Å². The molecule has 2 N–H and O–H groups in total. The second-order valence-corrected chi connectivity index (χ2v) is 22.8. The number of imide groups is 1. The van der Waals surface area contributed by atoms with E-state index in [0.29, 0.717) is 56.7 Å². The van der Waals surface area contributed by atoms with Crippen LogP contribution >= 0.6 is 12.6 Å². The van der Waals surface area contributed by atoms with Gasteiger partial charge in [-0.25, -0.2) is 5.43 Å². The molecular weight excluding hydrogens is 999 g/mol. The van der Waals surface area contributed by atoms with Crippen LogP contribution in [0.15, 0.2) is 59.7 Å². The number of rotatable bonds is 32. The minimum absolute atomic E-state index is 0.0217. The minimum atomic E-state index is -0.646. The average Bonchev–Trinajstić information content (AvgIpc) is 3.98. The van der Waals surface area contributed by atoms with Crippen LogP contribution in [0.25, 0.3) is 0 Å². The maximum atomic E-state index is 14.5. The summed E-state index contributed by atoms with van der Waals surface area (Å²) in [5, 5.41) is 6.96. The standard InChI is InChI=1S/C59H91N7O10S/c1-14-39(6)55(64(11)58(72)46(37(2)3)33-48(67)54(38(4)5)63(9)10)49(74-12)34-52(69)65-31-21-24-47(65)56(75-13)40(7)57(71)60-44(32-42-22-17-15-18-23-42)36-76-45-28-26-43(27-29-45)41(8)61-62-51(68)25-19-16-20-30-66-53(70)35-50(77)59(66)73/h15,17-18,22-23,26-29,37-40,44,46-47,49-50,54-56,77H,14,16,19-21,24-25,30-36H2,1-13H3,(H,60,71)(H,62,68)/b61-41-/t39-,40+,44+,46-,47-,49+,50?,54-,55-,56+/m0/s1. The van der Waals surface area contributed by atoms with Crippen molar-refractivity contribution in [1.29, 1.82) is 0 Å². The number of nitrogens with zero attached hydrogens (tertiary/aromatic N) is 5. The van der Waals surface area contributed by atoms with E-state index in [0.717, 1.165) is 24.0 Å². The quantitative estimate of drug-likeness (QED) is 0.0225. The van der Waals surface area contributed by atoms with E-state index in [1.807, 2.05) is 113 Å². The van der Waals surface area contributed by atoms with Gasteiger partial charge in [-0.3, -0.25) is 43.4 Å². The first-order valence-electron chi connectivity index (χ1n) is 27.8. The number of Topliss-reactive ketones (excluding diaryl/α,β-unsaturated/α-hetero) is 1. The first kappa shape index (κ1) is 64.4. The van der Waals surface area contributed by atoms with E-state index in [1.165, 1.54) is 4.90 Å². The SMILES string of the molecule is CC[C@H](C)[C@@H]([C@@H](CC(=O)N1CCC[C@H]1[C@H](OC)[C@@H](C)C(=O)N[C@@H](COc1ccc(/C(C)=N\NC(=O)CCCCCN2C(=O)CC(S)C2=O)cc1)Cc1ccccc1)OC)N(C)C(=O)[C@@H](CC(=O)[C@H](C(C)C)N(C)C)C(C)C. The predicted octanol–water partition coefficient (Wildman–Crippen LogP) is 6.99. The van der Waals surface area contributed by atoms with E-state index in [1.54, 1.807) is 33.1 Å². The van der Waals surface area contributed by atoms with E-state index in [2.05, 4.69) is 42.3 Å². The number of amides is 6. The van der Waals surface area contributed by atoms with Gasteiger partial charge < -0.3 is 29.3 Å². The molecule has 0 aromatic heterocycles. The Balaban J connectivity index is 1.39. The van der Waals surface area contributed by atoms with Crippen molar-refractivity contribution < 1.29 is 47.8 Å². The fourth-order valence-corrected chi connectivity index (χ4v) is 11.3. The second kappa shape index (κ2) is 31.4. The zero-order valence-electron chi connectivity index (χ0n) is 48.3. The Bertz CT molecular complexity index is 2270. The third-order valence-electron chi connectivity index (χ3n) is 15.6. The molecule has 6 amide bonds. The van der Waals surface area contributed by atoms with Gasteiger partial charge in [0.15, 0.2) is 5.78 Å². The molecule has 2 aliphatic heterocycles. The number of methoxy groups -OCH3 is 2. The predicted molar refractivity (Wildman–Crippen MR) is 303 cm³/mol. The monoisotopic (exact) mass is 1090 g/mol. The summed E-state index contributed by atoms with van der Waals surface area (Å²) in [7, 11) is 8.72. The highest BCUT2D eigenvalue weighted by atomic mass is 32.1. The topological polar surface area (TPSA) is 197 Å². The molecule has 2 aromatic carbocycles. The van der Waals surface area contributed by atoms with Crippen molar-refractivity contribution in [2.45, 2.75) is 168 Å². The number of benzene rings is 2. The van der Waals surface area contributed by atoms with Gasteiger partial charge in [-0.1, -0.05) is 91.6 Å². The molecule has 77 heavy (non-hydrogen) atoms. The maximum absolute atomic E-state index is 14.5. The van der Waals surface area contributed by atoms with Gasteiger partial charge in [0, 0.05) is 59.5 Å². The van der Waals surface area contributed by atoms with E-state index in [9.17, 15) is 33.6 Å². The lowest BCUT2D eigenvalue weighted by Crippen LogP contribution is -2.55. The molecule has 4 rings (SSSR count). The van der Waals surface area contributed by atoms with Crippen LogP contribution in [-0.2, 0) is 49.5 Å². The number of ether oxygens (including phenoxy) is 3. The highest BCUT2D eigenvalue weighted by molar-refractivity contribution is 7.81. The lowest BCUT2D eigenvalue weighted by molar-refractivity contribution is -0.149. The van der Waals surface area contributed by atoms with Crippen LogP contribution in [0.5, 0.6) is 5.75 Å². The van der Waals surface area contributed by atoms with Crippen molar-refractivity contribution >= 4 is 59.6 Å². The van der Waals surface area contributed by atoms with Crippen molar-refractivity contribution in [2.75, 3.05) is 55.1 Å². The van der Waals surface area contributed by atoms with E-state index in [4.69, 9.17) is 14.2 Å². The van der Waals surface area contributed by atoms with Crippen molar-refractivity contribution in [1.82, 2.24) is 30.3 Å². The van der Waals surface area contributed by atoms with Crippen LogP contribution in [0.3, 0.4) is 0 Å². The molecule has 0 radical (unpaired) electrons. The normalized spacial score (nSPS) is 19.2. The van der Waals surface area contributed by atoms with E-state index in [-0.39, 0.29) is 103 Å². The van der Waals surface area contributed by atoms with Gasteiger partial charge in [0.25, 0.3) is 0 Å². The van der Waals surface area contributed by atoms with E-state index < -0.39 is 41.4 Å². The van der Waals surface area contributed by atoms with Crippen molar-refractivity contribution in [3.8, 4) is 5.75 Å². The molecule has 2 saturated heterocycles. The molecule has 2 heterocycles. The maximum Gasteiger partial charge on any atom is 0.242 e. The molecule has 17 nitrogen and oxygen atoms in total. The van der Waals surface area contributed by atoms with Crippen molar-refractivity contribution in [2.24, 2.45) is 34.7 Å². The zero-order valence-corrected chi connectivity index (χ0v) is 49.2. The number of carbonyl (C=O) groups excluding carboxylic acids is 7. The summed E-state index contributed by atoms with van der Waals surface area (Å²) in [5.41, 5.74) is 5.01.